The summed E-state index contributed by atoms with van der Waals surface area (Å²) in [7, 11) is 0. The smallest absolute Gasteiger partial charge is 0.410 e. The number of nitrogens with zero attached hydrogens (tertiary/aromatic N) is 1. The van der Waals surface area contributed by atoms with Gasteiger partial charge in [0.1, 0.15) is 12.2 Å². The highest BCUT2D eigenvalue weighted by atomic mass is 16.6. The van der Waals surface area contributed by atoms with E-state index in [1.165, 1.54) is 0 Å². The minimum atomic E-state index is -1.02. The third kappa shape index (κ3) is 8.01. The predicted molar refractivity (Wildman–Crippen MR) is 106 cm³/mol. The molecule has 1 heterocycles. The van der Waals surface area contributed by atoms with Gasteiger partial charge in [-0.2, -0.15) is 0 Å². The van der Waals surface area contributed by atoms with Crippen LogP contribution in [0.15, 0.2) is 30.3 Å². The second-order valence-corrected chi connectivity index (χ2v) is 8.24. The van der Waals surface area contributed by atoms with Gasteiger partial charge in [-0.25, -0.2) is 9.59 Å². The number of carbonyl (C=O) groups excluding carboxylic acids is 2. The van der Waals surface area contributed by atoms with Crippen LogP contribution in [-0.4, -0.2) is 52.9 Å². The van der Waals surface area contributed by atoms with Crippen molar-refractivity contribution in [1.82, 2.24) is 10.2 Å². The van der Waals surface area contributed by atoms with Crippen LogP contribution in [0.25, 0.3) is 0 Å². The van der Waals surface area contributed by atoms with E-state index in [0.29, 0.717) is 25.9 Å². The van der Waals surface area contributed by atoms with Gasteiger partial charge in [-0.05, 0) is 45.1 Å². The molecule has 1 aliphatic rings. The number of nitrogens with one attached hydrogen (secondary N) is 1. The first-order chi connectivity index (χ1) is 13.6. The summed E-state index contributed by atoms with van der Waals surface area (Å²) in [6.07, 6.45) is 0.0713. The van der Waals surface area contributed by atoms with Crippen molar-refractivity contribution in [3.8, 4) is 0 Å². The Morgan fingerprint density at radius 1 is 1.24 bits per heavy atom. The normalized spacial score (nSPS) is 17.9. The van der Waals surface area contributed by atoms with Crippen LogP contribution in [0.1, 0.15) is 45.6 Å². The Kier molecular flexibility index (Phi) is 7.87. The molecule has 1 fully saturated rings. The summed E-state index contributed by atoms with van der Waals surface area (Å²) in [6.45, 7) is 6.36. The Labute approximate surface area is 171 Å². The topological polar surface area (TPSA) is 105 Å². The second-order valence-electron chi connectivity index (χ2n) is 8.24. The Balaban J connectivity index is 1.96. The number of piperidine rings is 1. The van der Waals surface area contributed by atoms with Gasteiger partial charge in [0, 0.05) is 19.1 Å². The van der Waals surface area contributed by atoms with Crippen molar-refractivity contribution in [3.05, 3.63) is 35.9 Å². The molecule has 160 valence electrons. The van der Waals surface area contributed by atoms with Crippen molar-refractivity contribution in [2.24, 2.45) is 5.92 Å². The molecule has 2 unspecified atom stereocenters. The van der Waals surface area contributed by atoms with Gasteiger partial charge < -0.3 is 24.8 Å². The van der Waals surface area contributed by atoms with E-state index >= 15 is 0 Å². The Bertz CT molecular complexity index is 701. The van der Waals surface area contributed by atoms with Crippen molar-refractivity contribution in [2.45, 2.75) is 58.3 Å². The highest BCUT2D eigenvalue weighted by Gasteiger charge is 2.33. The number of benzene rings is 1. The summed E-state index contributed by atoms with van der Waals surface area (Å²) in [6, 6.07) is 8.59. The maximum atomic E-state index is 12.4. The molecule has 1 aromatic rings. The Morgan fingerprint density at radius 3 is 2.55 bits per heavy atom. The molecule has 2 N–H and O–H groups in total. The molecule has 2 amide bonds. The number of hydrogen-bond acceptors (Lipinski definition) is 5. The number of carbonyl (C=O) groups is 3. The molecule has 0 radical (unpaired) electrons. The van der Waals surface area contributed by atoms with Crippen LogP contribution >= 0.6 is 0 Å². The average molecular weight is 406 g/mol. The molecule has 0 spiro atoms. The lowest BCUT2D eigenvalue weighted by Crippen LogP contribution is -2.50. The summed E-state index contributed by atoms with van der Waals surface area (Å²) < 4.78 is 10.6. The zero-order chi connectivity index (χ0) is 21.4. The molecule has 29 heavy (non-hydrogen) atoms. The largest absolute Gasteiger partial charge is 0.481 e. The van der Waals surface area contributed by atoms with E-state index in [9.17, 15) is 19.5 Å². The minimum Gasteiger partial charge on any atom is -0.481 e. The standard InChI is InChI=1S/C21H30N2O6/c1-21(2,3)29-20(27)23-11-7-10-16(13-23)17(12-18(24)25)22-19(26)28-14-15-8-5-4-6-9-15/h4-6,8-9,16-17H,7,10-14H2,1-3H3,(H,22,26)(H,24,25). The fourth-order valence-corrected chi connectivity index (χ4v) is 3.27. The average Bonchev–Trinajstić information content (AvgIpc) is 2.65. The molecule has 0 saturated carbocycles. The van der Waals surface area contributed by atoms with Gasteiger partial charge in [0.05, 0.1) is 6.42 Å². The third-order valence-corrected chi connectivity index (χ3v) is 4.59. The Hall–Kier alpha value is -2.77. The van der Waals surface area contributed by atoms with Gasteiger partial charge in [-0.15, -0.1) is 0 Å². The molecule has 0 bridgehead atoms. The number of hydrogen-bond donors (Lipinski definition) is 2. The summed E-state index contributed by atoms with van der Waals surface area (Å²) in [5.41, 5.74) is 0.232. The van der Waals surface area contributed by atoms with E-state index < -0.39 is 29.8 Å². The lowest BCUT2D eigenvalue weighted by Gasteiger charge is -2.37. The molecule has 2 atom stereocenters. The van der Waals surface area contributed by atoms with Crippen molar-refractivity contribution in [3.63, 3.8) is 0 Å². The number of alkyl carbamates (subject to hydrolysis) is 1. The predicted octanol–water partition coefficient (Wildman–Crippen LogP) is 3.40. The molecule has 0 aromatic heterocycles. The molecule has 1 saturated heterocycles. The molecule has 1 aliphatic heterocycles. The van der Waals surface area contributed by atoms with Crippen molar-refractivity contribution in [1.29, 1.82) is 0 Å². The maximum Gasteiger partial charge on any atom is 0.410 e. The van der Waals surface area contributed by atoms with Crippen molar-refractivity contribution < 1.29 is 29.0 Å². The van der Waals surface area contributed by atoms with Crippen molar-refractivity contribution in [2.75, 3.05) is 13.1 Å². The molecular formula is C21H30N2O6. The lowest BCUT2D eigenvalue weighted by molar-refractivity contribution is -0.138. The molecule has 2 rings (SSSR count). The third-order valence-electron chi connectivity index (χ3n) is 4.59. The van der Waals surface area contributed by atoms with Crippen LogP contribution < -0.4 is 5.32 Å². The van der Waals surface area contributed by atoms with E-state index in [-0.39, 0.29) is 18.9 Å². The van der Waals surface area contributed by atoms with Gasteiger partial charge in [-0.3, -0.25) is 4.79 Å². The van der Waals surface area contributed by atoms with Gasteiger partial charge in [0.15, 0.2) is 0 Å². The van der Waals surface area contributed by atoms with E-state index in [2.05, 4.69) is 5.32 Å². The number of carboxylic acids is 1. The summed E-state index contributed by atoms with van der Waals surface area (Å²) in [5.74, 6) is -1.22. The van der Waals surface area contributed by atoms with Gasteiger partial charge in [0.2, 0.25) is 0 Å². The van der Waals surface area contributed by atoms with Gasteiger partial charge in [0.25, 0.3) is 0 Å². The van der Waals surface area contributed by atoms with Crippen LogP contribution in [0, 0.1) is 5.92 Å². The first kappa shape index (κ1) is 22.5. The number of carboxylic acid groups (broad SMARTS) is 1. The fraction of sp³-hybridized carbons (Fsp3) is 0.571. The molecular weight excluding hydrogens is 376 g/mol. The zero-order valence-corrected chi connectivity index (χ0v) is 17.2. The summed E-state index contributed by atoms with van der Waals surface area (Å²) in [4.78, 5) is 37.5. The lowest BCUT2D eigenvalue weighted by atomic mass is 9.89. The van der Waals surface area contributed by atoms with E-state index in [1.807, 2.05) is 30.3 Å². The zero-order valence-electron chi connectivity index (χ0n) is 17.2. The number of aliphatic carboxylic acids is 1. The van der Waals surface area contributed by atoms with Crippen LogP contribution in [0.4, 0.5) is 9.59 Å². The van der Waals surface area contributed by atoms with E-state index in [4.69, 9.17) is 9.47 Å². The SMILES string of the molecule is CC(C)(C)OC(=O)N1CCCC(C(CC(=O)O)NC(=O)OCc2ccccc2)C1. The number of amides is 2. The molecule has 8 nitrogen and oxygen atoms in total. The highest BCUT2D eigenvalue weighted by Crippen LogP contribution is 2.23. The first-order valence-corrected chi connectivity index (χ1v) is 9.81. The van der Waals surface area contributed by atoms with Crippen LogP contribution in [-0.2, 0) is 20.9 Å². The van der Waals surface area contributed by atoms with Gasteiger partial charge >= 0.3 is 18.2 Å². The highest BCUT2D eigenvalue weighted by molar-refractivity contribution is 5.72. The first-order valence-electron chi connectivity index (χ1n) is 9.81. The number of rotatable bonds is 6. The second kappa shape index (κ2) is 10.1. The van der Waals surface area contributed by atoms with E-state index in [0.717, 1.165) is 5.56 Å². The number of likely N-dealkylation sites (tertiary alicyclic amines) is 1. The quantitative estimate of drug-likeness (QED) is 0.750. The van der Waals surface area contributed by atoms with Crippen LogP contribution in [0.3, 0.4) is 0 Å². The van der Waals surface area contributed by atoms with Crippen LogP contribution in [0.2, 0.25) is 0 Å². The van der Waals surface area contributed by atoms with Crippen LogP contribution in [0.5, 0.6) is 0 Å². The molecule has 8 heteroatoms. The Morgan fingerprint density at radius 2 is 1.93 bits per heavy atom. The monoisotopic (exact) mass is 406 g/mol. The van der Waals surface area contributed by atoms with Gasteiger partial charge in [-0.1, -0.05) is 30.3 Å². The molecule has 0 aliphatic carbocycles. The van der Waals surface area contributed by atoms with E-state index in [1.54, 1.807) is 25.7 Å². The van der Waals surface area contributed by atoms with Crippen molar-refractivity contribution >= 4 is 18.2 Å². The molecule has 1 aromatic carbocycles. The summed E-state index contributed by atoms with van der Waals surface area (Å²) in [5, 5.41) is 11.9. The minimum absolute atomic E-state index is 0.0984. The summed E-state index contributed by atoms with van der Waals surface area (Å²) >= 11 is 0. The fourth-order valence-electron chi connectivity index (χ4n) is 3.27. The maximum absolute atomic E-state index is 12.4. The number of ether oxygens (including phenoxy) is 2.